The summed E-state index contributed by atoms with van der Waals surface area (Å²) in [5, 5.41) is 6.27. The molecule has 3 aromatic rings. The van der Waals surface area contributed by atoms with Gasteiger partial charge < -0.3 is 52.9 Å². The first-order valence-corrected chi connectivity index (χ1v) is 32.6. The van der Waals surface area contributed by atoms with Crippen molar-refractivity contribution in [3.63, 3.8) is 0 Å². The molecule has 25 nitrogen and oxygen atoms in total. The fraction of sp³-hybridized carbons (Fsp3) is 0.697. The molecule has 2 aromatic heterocycles. The number of aromatic nitrogens is 4. The lowest BCUT2D eigenvalue weighted by atomic mass is 9.83. The third-order valence-electron chi connectivity index (χ3n) is 13.3. The summed E-state index contributed by atoms with van der Waals surface area (Å²) in [5.41, 5.74) is -7.02. The Labute approximate surface area is 547 Å². The van der Waals surface area contributed by atoms with Gasteiger partial charge in [0.1, 0.15) is 64.1 Å². The van der Waals surface area contributed by atoms with Crippen LogP contribution < -0.4 is 20.1 Å². The molecular weight excluding hydrogens is 1210 g/mol. The minimum Gasteiger partial charge on any atom is -0.494 e. The zero-order valence-corrected chi connectivity index (χ0v) is 58.7. The average molecular weight is 1320 g/mol. The Morgan fingerprint density at radius 1 is 0.467 bits per heavy atom. The Morgan fingerprint density at radius 2 is 0.761 bits per heavy atom. The Hall–Kier alpha value is -6.93. The second kappa shape index (κ2) is 34.8. The van der Waals surface area contributed by atoms with Crippen LogP contribution in [-0.2, 0) is 104 Å². The van der Waals surface area contributed by atoms with Gasteiger partial charge in [0.25, 0.3) is 11.3 Å². The summed E-state index contributed by atoms with van der Waals surface area (Å²) in [6.45, 7) is 31.9. The van der Waals surface area contributed by atoms with E-state index >= 15 is 0 Å². The van der Waals surface area contributed by atoms with Crippen LogP contribution in [0.1, 0.15) is 226 Å². The smallest absolute Gasteiger partial charge is 0.306 e. The number of hydrogen-bond donors (Lipinski definition) is 4. The molecule has 518 valence electrons. The molecule has 1 unspecified atom stereocenters. The van der Waals surface area contributed by atoms with Crippen molar-refractivity contribution in [1.29, 1.82) is 0 Å². The van der Waals surface area contributed by atoms with Crippen molar-refractivity contribution in [1.82, 2.24) is 34.6 Å². The Bertz CT molecular complexity index is 2600. The van der Waals surface area contributed by atoms with Crippen molar-refractivity contribution < 1.29 is 80.3 Å². The first-order chi connectivity index (χ1) is 42.3. The van der Waals surface area contributed by atoms with E-state index in [0.29, 0.717) is 49.1 Å². The zero-order valence-electron chi connectivity index (χ0n) is 57.9. The third-order valence-corrected chi connectivity index (χ3v) is 13.7. The van der Waals surface area contributed by atoms with Crippen LogP contribution in [-0.4, -0.2) is 138 Å². The molecule has 4 N–H and O–H groups in total. The fourth-order valence-corrected chi connectivity index (χ4v) is 10.1. The van der Waals surface area contributed by atoms with Gasteiger partial charge in [-0.15, -0.1) is 0 Å². The van der Waals surface area contributed by atoms with Gasteiger partial charge in [-0.2, -0.15) is 0 Å². The topological polar surface area (TPSA) is 313 Å². The number of carbonyl (C=O) groups excluding carboxylic acids is 8. The second-order valence-electron chi connectivity index (χ2n) is 29.3. The molecule has 0 bridgehead atoms. The van der Waals surface area contributed by atoms with E-state index in [-0.39, 0.29) is 103 Å². The van der Waals surface area contributed by atoms with Gasteiger partial charge in [-0.05, 0) is 207 Å². The monoisotopic (exact) mass is 1310 g/mol. The Kier molecular flexibility index (Phi) is 30.0. The fourth-order valence-electron chi connectivity index (χ4n) is 9.74. The molecule has 0 spiro atoms. The van der Waals surface area contributed by atoms with Gasteiger partial charge in [-0.25, -0.2) is 14.2 Å². The van der Waals surface area contributed by atoms with Crippen LogP contribution in [0.25, 0.3) is 0 Å². The van der Waals surface area contributed by atoms with Crippen molar-refractivity contribution in [3.8, 4) is 5.75 Å². The van der Waals surface area contributed by atoms with Gasteiger partial charge in [0.2, 0.25) is 11.8 Å². The molecule has 0 radical (unpaired) electrons. The maximum Gasteiger partial charge on any atom is 0.306 e. The average Bonchev–Trinajstić information content (AvgIpc) is 1.39. The Balaban J connectivity index is 2.06. The lowest BCUT2D eigenvalue weighted by molar-refractivity contribution is -0.158. The normalized spacial score (nSPS) is 13.0. The van der Waals surface area contributed by atoms with E-state index in [1.165, 1.54) is 0 Å². The molecule has 0 saturated heterocycles. The van der Waals surface area contributed by atoms with Crippen LogP contribution >= 0.6 is 0 Å². The quantitative estimate of drug-likeness (QED) is 0.0182. The number of benzene rings is 1. The van der Waals surface area contributed by atoms with E-state index in [2.05, 4.69) is 25.3 Å². The summed E-state index contributed by atoms with van der Waals surface area (Å²) in [6.07, 6.45) is 6.73. The molecule has 0 aliphatic carbocycles. The number of anilines is 1. The van der Waals surface area contributed by atoms with Crippen molar-refractivity contribution in [2.45, 2.75) is 285 Å². The number of nitrogens with one attached hydrogen (secondary N) is 3. The highest BCUT2D eigenvalue weighted by atomic mass is 32.2. The summed E-state index contributed by atoms with van der Waals surface area (Å²) < 4.78 is 66.2. The van der Waals surface area contributed by atoms with Crippen molar-refractivity contribution in [2.24, 2.45) is 0 Å². The van der Waals surface area contributed by atoms with Crippen LogP contribution in [0.4, 0.5) is 5.69 Å². The van der Waals surface area contributed by atoms with Crippen LogP contribution in [0.3, 0.4) is 0 Å². The Morgan fingerprint density at radius 3 is 1.03 bits per heavy atom. The number of imidazole rings is 2. The molecule has 2 heterocycles. The standard InChI is InChI=1S/C66H106N8O17S/c1-59(2,3)86-53(77)25-31-65(32-26-54(78)87-60(4,5)6,33-27-55(79)88-61(7,8)9)69-51(75)45-73-40-37-67-49(73)43-72(39-19-20-42-85-48-23-21-47(22-24-48)71-92(83)84)44-50-68-38-41-74(50)46-52(76)70-66(34-28-56(80)89-62(10,11)12,35-29-57(81)90-63(13,14)15)36-30-58(82)91-64(16,17)18/h21-24,37-38,40-41,71H,19-20,25-36,39,42-46H2,1-18H3,(H,69,75)(H,70,76)(H,83,84). The van der Waals surface area contributed by atoms with Gasteiger partial charge in [-0.1, -0.05) is 0 Å². The molecule has 26 heteroatoms. The third kappa shape index (κ3) is 34.7. The van der Waals surface area contributed by atoms with Crippen molar-refractivity contribution in [3.05, 3.63) is 60.7 Å². The minimum absolute atomic E-state index is 0.0117. The number of amides is 2. The summed E-state index contributed by atoms with van der Waals surface area (Å²) in [5.74, 6) is -2.71. The van der Waals surface area contributed by atoms with Crippen molar-refractivity contribution in [2.75, 3.05) is 17.9 Å². The lowest BCUT2D eigenvalue weighted by Gasteiger charge is -2.36. The van der Waals surface area contributed by atoms with E-state index in [1.807, 2.05) is 4.90 Å². The molecule has 92 heavy (non-hydrogen) atoms. The van der Waals surface area contributed by atoms with Crippen LogP contribution in [0, 0.1) is 0 Å². The van der Waals surface area contributed by atoms with Gasteiger partial charge >= 0.3 is 35.8 Å². The van der Waals surface area contributed by atoms with E-state index in [4.69, 9.17) is 33.2 Å². The van der Waals surface area contributed by atoms with Gasteiger partial charge in [-0.3, -0.25) is 52.5 Å². The number of ether oxygens (including phenoxy) is 7. The maximum absolute atomic E-state index is 14.6. The van der Waals surface area contributed by atoms with Crippen molar-refractivity contribution >= 4 is 64.6 Å². The molecule has 3 rings (SSSR count). The minimum atomic E-state index is -2.24. The van der Waals surface area contributed by atoms with E-state index in [9.17, 15) is 47.1 Å². The summed E-state index contributed by atoms with van der Waals surface area (Å²) in [4.78, 5) is 121. The molecule has 1 aromatic carbocycles. The first-order valence-electron chi connectivity index (χ1n) is 31.5. The summed E-state index contributed by atoms with van der Waals surface area (Å²) in [6, 6.07) is 6.58. The highest BCUT2D eigenvalue weighted by molar-refractivity contribution is 7.80. The number of hydrogen-bond acceptors (Lipinski definition) is 19. The summed E-state index contributed by atoms with van der Waals surface area (Å²) in [7, 11) is 0. The molecule has 0 fully saturated rings. The van der Waals surface area contributed by atoms with Gasteiger partial charge in [0.05, 0.1) is 19.7 Å². The molecule has 0 aliphatic rings. The van der Waals surface area contributed by atoms with Gasteiger partial charge in [0, 0.05) is 80.1 Å². The predicted molar refractivity (Wildman–Crippen MR) is 346 cm³/mol. The molecular formula is C66H106N8O17S. The van der Waals surface area contributed by atoms with E-state index in [0.717, 1.165) is 0 Å². The largest absolute Gasteiger partial charge is 0.494 e. The number of nitrogens with zero attached hydrogens (tertiary/aromatic N) is 5. The van der Waals surface area contributed by atoms with Gasteiger partial charge in [0.15, 0.2) is 0 Å². The number of carbonyl (C=O) groups is 8. The summed E-state index contributed by atoms with van der Waals surface area (Å²) >= 11 is -2.24. The lowest BCUT2D eigenvalue weighted by Crippen LogP contribution is -2.51. The molecule has 1 atom stereocenters. The van der Waals surface area contributed by atoms with Crippen LogP contribution in [0.2, 0.25) is 0 Å². The first kappa shape index (κ1) is 79.3. The SMILES string of the molecule is CC(C)(C)OC(=O)CCC(CCC(=O)OC(C)(C)C)(CCC(=O)OC(C)(C)C)NC(=O)Cn1ccnc1CN(CCCCOc1ccc(NS(=O)O)cc1)Cc1nccn1CC(=O)NC(CCC(=O)OC(C)(C)C)(CCC(=O)OC(C)(C)C)CCC(=O)OC(C)(C)C. The number of esters is 6. The molecule has 2 amide bonds. The predicted octanol–water partition coefficient (Wildman–Crippen LogP) is 9.93. The highest BCUT2D eigenvalue weighted by Crippen LogP contribution is 2.31. The molecule has 0 aliphatic heterocycles. The highest BCUT2D eigenvalue weighted by Gasteiger charge is 2.38. The molecule has 0 saturated carbocycles. The number of rotatable bonds is 36. The van der Waals surface area contributed by atoms with E-state index < -0.39 is 104 Å². The second-order valence-corrected chi connectivity index (χ2v) is 30.0. The van der Waals surface area contributed by atoms with Crippen LogP contribution in [0.15, 0.2) is 49.1 Å². The number of unbranched alkanes of at least 4 members (excludes halogenated alkanes) is 1. The van der Waals surface area contributed by atoms with E-state index in [1.54, 1.807) is 183 Å². The van der Waals surface area contributed by atoms with Crippen LogP contribution in [0.5, 0.6) is 5.75 Å². The maximum atomic E-state index is 14.6. The zero-order chi connectivity index (χ0) is 69.5.